The van der Waals surface area contributed by atoms with Crippen molar-refractivity contribution in [3.05, 3.63) is 23.9 Å². The summed E-state index contributed by atoms with van der Waals surface area (Å²) in [5.74, 6) is 0.755. The monoisotopic (exact) mass is 190 g/mol. The Balaban J connectivity index is 2.47. The minimum Gasteiger partial charge on any atom is -0.369 e. The van der Waals surface area contributed by atoms with Gasteiger partial charge in [0.1, 0.15) is 17.6 Å². The molecule has 0 aromatic carbocycles. The number of nitrogens with zero attached hydrogens (tertiary/aromatic N) is 3. The number of rotatable bonds is 4. The molecule has 0 unspecified atom stereocenters. The molecule has 4 nitrogen and oxygen atoms in total. The fourth-order valence-corrected chi connectivity index (χ4v) is 1.00. The molecule has 0 aliphatic heterocycles. The van der Waals surface area contributed by atoms with Gasteiger partial charge in [0.15, 0.2) is 0 Å². The first-order valence-electron chi connectivity index (χ1n) is 4.48. The molecule has 1 aromatic heterocycles. The van der Waals surface area contributed by atoms with Crippen molar-refractivity contribution in [1.82, 2.24) is 9.88 Å². The summed E-state index contributed by atoms with van der Waals surface area (Å²) in [4.78, 5) is 6.18. The average Bonchev–Trinajstić information content (AvgIpc) is 2.18. The van der Waals surface area contributed by atoms with Crippen LogP contribution in [0.5, 0.6) is 0 Å². The fourth-order valence-electron chi connectivity index (χ4n) is 1.00. The molecule has 0 spiro atoms. The highest BCUT2D eigenvalue weighted by atomic mass is 15.1. The number of likely N-dealkylation sites (N-methyl/N-ethyl adjacent to an activating group) is 1. The number of anilines is 1. The van der Waals surface area contributed by atoms with Gasteiger partial charge in [-0.2, -0.15) is 5.26 Å². The van der Waals surface area contributed by atoms with Gasteiger partial charge in [-0.15, -0.1) is 0 Å². The molecule has 1 heterocycles. The maximum absolute atomic E-state index is 8.63. The average molecular weight is 190 g/mol. The Morgan fingerprint density at radius 2 is 2.29 bits per heavy atom. The Labute approximate surface area is 84.2 Å². The smallest absolute Gasteiger partial charge is 0.142 e. The topological polar surface area (TPSA) is 52.0 Å². The van der Waals surface area contributed by atoms with E-state index < -0.39 is 0 Å². The number of hydrogen-bond acceptors (Lipinski definition) is 4. The van der Waals surface area contributed by atoms with Gasteiger partial charge in [0.25, 0.3) is 0 Å². The SMILES string of the molecule is CN(C)CCNc1cccc(C#N)n1. The molecule has 1 N–H and O–H groups in total. The van der Waals surface area contributed by atoms with Gasteiger partial charge >= 0.3 is 0 Å². The number of pyridine rings is 1. The summed E-state index contributed by atoms with van der Waals surface area (Å²) >= 11 is 0. The zero-order chi connectivity index (χ0) is 10.4. The summed E-state index contributed by atoms with van der Waals surface area (Å²) in [6, 6.07) is 7.38. The van der Waals surface area contributed by atoms with E-state index in [0.29, 0.717) is 5.69 Å². The maximum Gasteiger partial charge on any atom is 0.142 e. The van der Waals surface area contributed by atoms with Gasteiger partial charge in [0, 0.05) is 13.1 Å². The van der Waals surface area contributed by atoms with Crippen molar-refractivity contribution in [2.24, 2.45) is 0 Å². The van der Waals surface area contributed by atoms with E-state index in [1.54, 1.807) is 6.07 Å². The first kappa shape index (κ1) is 10.5. The molecule has 4 heteroatoms. The highest BCUT2D eigenvalue weighted by Crippen LogP contribution is 2.02. The van der Waals surface area contributed by atoms with E-state index in [9.17, 15) is 0 Å². The summed E-state index contributed by atoms with van der Waals surface area (Å²) in [5, 5.41) is 11.8. The van der Waals surface area contributed by atoms with Crippen LogP contribution in [0.25, 0.3) is 0 Å². The molecule has 0 radical (unpaired) electrons. The molecule has 14 heavy (non-hydrogen) atoms. The van der Waals surface area contributed by atoms with E-state index in [1.165, 1.54) is 0 Å². The zero-order valence-corrected chi connectivity index (χ0v) is 8.49. The number of nitrogens with one attached hydrogen (secondary N) is 1. The Kier molecular flexibility index (Phi) is 3.89. The maximum atomic E-state index is 8.63. The number of nitriles is 1. The van der Waals surface area contributed by atoms with Crippen LogP contribution < -0.4 is 5.32 Å². The Bertz CT molecular complexity index is 327. The van der Waals surface area contributed by atoms with Gasteiger partial charge in [0.2, 0.25) is 0 Å². The summed E-state index contributed by atoms with van der Waals surface area (Å²) in [6.07, 6.45) is 0. The predicted octanol–water partition coefficient (Wildman–Crippen LogP) is 0.927. The molecule has 0 amide bonds. The van der Waals surface area contributed by atoms with Crippen LogP contribution in [-0.4, -0.2) is 37.1 Å². The van der Waals surface area contributed by atoms with Crippen molar-refractivity contribution >= 4 is 5.82 Å². The molecular weight excluding hydrogens is 176 g/mol. The highest BCUT2D eigenvalue weighted by Gasteiger charge is 1.95. The zero-order valence-electron chi connectivity index (χ0n) is 8.49. The van der Waals surface area contributed by atoms with Crippen molar-refractivity contribution < 1.29 is 0 Å². The fraction of sp³-hybridized carbons (Fsp3) is 0.400. The van der Waals surface area contributed by atoms with Crippen molar-refractivity contribution in [3.63, 3.8) is 0 Å². The third-order valence-electron chi connectivity index (χ3n) is 1.73. The van der Waals surface area contributed by atoms with Crippen LogP contribution in [0, 0.1) is 11.3 Å². The lowest BCUT2D eigenvalue weighted by Gasteiger charge is -2.10. The minimum absolute atomic E-state index is 0.444. The van der Waals surface area contributed by atoms with Crippen LogP contribution in [0.4, 0.5) is 5.82 Å². The number of hydrogen-bond donors (Lipinski definition) is 1. The normalized spacial score (nSPS) is 9.86. The number of aromatic nitrogens is 1. The van der Waals surface area contributed by atoms with Gasteiger partial charge < -0.3 is 10.2 Å². The van der Waals surface area contributed by atoms with Crippen LogP contribution in [0.3, 0.4) is 0 Å². The molecule has 1 aromatic rings. The molecule has 0 atom stereocenters. The van der Waals surface area contributed by atoms with Crippen LogP contribution >= 0.6 is 0 Å². The third-order valence-corrected chi connectivity index (χ3v) is 1.73. The Morgan fingerprint density at radius 3 is 2.93 bits per heavy atom. The third kappa shape index (κ3) is 3.42. The lowest BCUT2D eigenvalue weighted by Crippen LogP contribution is -2.21. The van der Waals surface area contributed by atoms with Crippen LogP contribution in [-0.2, 0) is 0 Å². The molecule has 74 valence electrons. The van der Waals surface area contributed by atoms with E-state index in [1.807, 2.05) is 32.3 Å². The molecule has 1 rings (SSSR count). The summed E-state index contributed by atoms with van der Waals surface area (Å²) < 4.78 is 0. The second-order valence-electron chi connectivity index (χ2n) is 3.25. The molecular formula is C10H14N4. The van der Waals surface area contributed by atoms with E-state index in [4.69, 9.17) is 5.26 Å². The van der Waals surface area contributed by atoms with E-state index in [-0.39, 0.29) is 0 Å². The van der Waals surface area contributed by atoms with Crippen molar-refractivity contribution in [2.45, 2.75) is 0 Å². The lowest BCUT2D eigenvalue weighted by atomic mass is 10.3. The predicted molar refractivity (Wildman–Crippen MR) is 56.0 cm³/mol. The summed E-state index contributed by atoms with van der Waals surface area (Å²) in [7, 11) is 4.03. The van der Waals surface area contributed by atoms with Crippen molar-refractivity contribution in [3.8, 4) is 6.07 Å². The molecule has 0 bridgehead atoms. The molecule has 0 saturated heterocycles. The Morgan fingerprint density at radius 1 is 1.50 bits per heavy atom. The van der Waals surface area contributed by atoms with Crippen molar-refractivity contribution in [1.29, 1.82) is 5.26 Å². The first-order chi connectivity index (χ1) is 6.72. The van der Waals surface area contributed by atoms with Gasteiger partial charge in [-0.1, -0.05) is 6.07 Å². The van der Waals surface area contributed by atoms with Crippen molar-refractivity contribution in [2.75, 3.05) is 32.5 Å². The van der Waals surface area contributed by atoms with Gasteiger partial charge in [-0.05, 0) is 26.2 Å². The molecule has 0 aliphatic carbocycles. The Hall–Kier alpha value is -1.60. The second-order valence-corrected chi connectivity index (χ2v) is 3.25. The van der Waals surface area contributed by atoms with Gasteiger partial charge in [-0.25, -0.2) is 4.98 Å². The van der Waals surface area contributed by atoms with Crippen LogP contribution in [0.1, 0.15) is 5.69 Å². The van der Waals surface area contributed by atoms with Gasteiger partial charge in [0.05, 0.1) is 0 Å². The van der Waals surface area contributed by atoms with E-state index in [2.05, 4.69) is 15.2 Å². The summed E-state index contributed by atoms with van der Waals surface area (Å²) in [5.41, 5.74) is 0.444. The molecule has 0 aliphatic rings. The second kappa shape index (κ2) is 5.20. The molecule has 0 saturated carbocycles. The highest BCUT2D eigenvalue weighted by molar-refractivity contribution is 5.38. The van der Waals surface area contributed by atoms with Gasteiger partial charge in [-0.3, -0.25) is 0 Å². The van der Waals surface area contributed by atoms with Crippen LogP contribution in [0.15, 0.2) is 18.2 Å². The standard InChI is InChI=1S/C10H14N4/c1-14(2)7-6-12-10-5-3-4-9(8-11)13-10/h3-5H,6-7H2,1-2H3,(H,12,13). The van der Waals surface area contributed by atoms with E-state index >= 15 is 0 Å². The van der Waals surface area contributed by atoms with Crippen LogP contribution in [0.2, 0.25) is 0 Å². The molecule has 0 fully saturated rings. The minimum atomic E-state index is 0.444. The lowest BCUT2D eigenvalue weighted by molar-refractivity contribution is 0.425. The summed E-state index contributed by atoms with van der Waals surface area (Å²) in [6.45, 7) is 1.77. The first-order valence-corrected chi connectivity index (χ1v) is 4.48. The largest absolute Gasteiger partial charge is 0.369 e. The quantitative estimate of drug-likeness (QED) is 0.767. The van der Waals surface area contributed by atoms with E-state index in [0.717, 1.165) is 18.9 Å².